The fourth-order valence-corrected chi connectivity index (χ4v) is 0.817. The molecule has 4 nitrogen and oxygen atoms in total. The van der Waals surface area contributed by atoms with Gasteiger partial charge in [0, 0.05) is 6.54 Å². The minimum absolute atomic E-state index is 0.313. The Morgan fingerprint density at radius 3 is 2.70 bits per heavy atom. The quantitative estimate of drug-likeness (QED) is 0.555. The number of nitrogens with one attached hydrogen (secondary N) is 1. The molecule has 0 atom stereocenters. The van der Waals surface area contributed by atoms with Crippen LogP contribution in [0.4, 0.5) is 4.79 Å². The van der Waals surface area contributed by atoms with Crippen LogP contribution in [0.5, 0.6) is 0 Å². The Labute approximate surface area is 59.2 Å². The summed E-state index contributed by atoms with van der Waals surface area (Å²) in [5.41, 5.74) is 0. The summed E-state index contributed by atoms with van der Waals surface area (Å²) in [5, 5.41) is 2.14. The Morgan fingerprint density at radius 1 is 1.60 bits per heavy atom. The molecule has 0 unspecified atom stereocenters. The average Bonchev–Trinajstić information content (AvgIpc) is 2.13. The lowest BCUT2D eigenvalue weighted by Gasteiger charge is -2.08. The lowest BCUT2D eigenvalue weighted by Crippen LogP contribution is -2.27. The van der Waals surface area contributed by atoms with Crippen LogP contribution in [-0.4, -0.2) is 23.4 Å². The van der Waals surface area contributed by atoms with E-state index in [0.29, 0.717) is 6.54 Å². The van der Waals surface area contributed by atoms with Gasteiger partial charge in [0.05, 0.1) is 0 Å². The molecule has 1 fully saturated rings. The number of carbonyl (C=O) groups is 2. The van der Waals surface area contributed by atoms with Gasteiger partial charge in [-0.25, -0.2) is 4.79 Å². The smallest absolute Gasteiger partial charge is 0.310 e. The van der Waals surface area contributed by atoms with Crippen molar-refractivity contribution in [1.82, 2.24) is 10.2 Å². The maximum atomic E-state index is 10.7. The van der Waals surface area contributed by atoms with E-state index in [4.69, 9.17) is 0 Å². The Bertz CT molecular complexity index is 167. The summed E-state index contributed by atoms with van der Waals surface area (Å²) in [5.74, 6) is -0.321. The molecule has 1 N–H and O–H groups in total. The second-order valence-electron chi connectivity index (χ2n) is 2.12. The van der Waals surface area contributed by atoms with E-state index in [1.54, 1.807) is 0 Å². The molecule has 0 spiro atoms. The first-order valence-electron chi connectivity index (χ1n) is 3.20. The van der Waals surface area contributed by atoms with E-state index in [1.165, 1.54) is 11.4 Å². The van der Waals surface area contributed by atoms with E-state index >= 15 is 0 Å². The molecule has 55 valence electrons. The first kappa shape index (κ1) is 7.05. The molecule has 0 aliphatic carbocycles. The zero-order valence-electron chi connectivity index (χ0n) is 5.76. The van der Waals surface area contributed by atoms with Gasteiger partial charge in [0.1, 0.15) is 6.54 Å². The summed E-state index contributed by atoms with van der Waals surface area (Å²) in [6.45, 7) is 3.84. The monoisotopic (exact) mass is 141 g/mol. The second kappa shape index (κ2) is 2.68. The minimum atomic E-state index is -0.321. The van der Waals surface area contributed by atoms with E-state index < -0.39 is 0 Å². The number of carbonyl (C=O) groups excluding carboxylic acids is 2. The highest BCUT2D eigenvalue weighted by Gasteiger charge is 2.25. The molecule has 1 aliphatic heterocycles. The molecule has 3 amide bonds. The van der Waals surface area contributed by atoms with Crippen LogP contribution < -0.4 is 5.32 Å². The van der Waals surface area contributed by atoms with Crippen LogP contribution in [-0.2, 0) is 4.79 Å². The van der Waals surface area contributed by atoms with Gasteiger partial charge in [-0.15, -0.1) is 0 Å². The van der Waals surface area contributed by atoms with Gasteiger partial charge in [-0.05, 0) is 6.42 Å². The highest BCUT2D eigenvalue weighted by molar-refractivity contribution is 6.05. The number of nitrogens with zero attached hydrogens (tertiary/aromatic N) is 1. The van der Waals surface area contributed by atoms with E-state index in [2.05, 4.69) is 5.32 Å². The van der Waals surface area contributed by atoms with Crippen molar-refractivity contribution in [2.45, 2.75) is 13.3 Å². The van der Waals surface area contributed by atoms with Crippen molar-refractivity contribution >= 4 is 11.9 Å². The number of hydrogen-bond acceptors (Lipinski definition) is 2. The van der Waals surface area contributed by atoms with E-state index in [9.17, 15) is 9.59 Å². The van der Waals surface area contributed by atoms with Crippen LogP contribution in [0.1, 0.15) is 13.3 Å². The number of urea groups is 1. The number of amides is 3. The molecule has 1 saturated heterocycles. The summed E-state index contributed by atoms with van der Waals surface area (Å²) in [4.78, 5) is 22.6. The summed E-state index contributed by atoms with van der Waals surface area (Å²) in [6, 6.07) is -0.313. The predicted octanol–water partition coefficient (Wildman–Crippen LogP) is 0.110. The summed E-state index contributed by atoms with van der Waals surface area (Å²) >= 11 is 0. The van der Waals surface area contributed by atoms with Crippen LogP contribution >= 0.6 is 0 Å². The Morgan fingerprint density at radius 2 is 2.30 bits per heavy atom. The van der Waals surface area contributed by atoms with Gasteiger partial charge in [-0.2, -0.15) is 0 Å². The number of hydrogen-bond donors (Lipinski definition) is 1. The largest absolute Gasteiger partial charge is 0.324 e. The second-order valence-corrected chi connectivity index (χ2v) is 2.12. The fraction of sp³-hybridized carbons (Fsp3) is 0.500. The van der Waals surface area contributed by atoms with Gasteiger partial charge >= 0.3 is 6.03 Å². The highest BCUT2D eigenvalue weighted by atomic mass is 16.2. The summed E-state index contributed by atoms with van der Waals surface area (Å²) in [6.07, 6.45) is 0.858. The van der Waals surface area contributed by atoms with Crippen molar-refractivity contribution in [1.29, 1.82) is 0 Å². The standard InChI is InChI=1S/C6H9N2O2/c1-2-3-8-4-5(9)7-6(8)10/h4H,2-3H2,1H3,(H,7,9,10). The van der Waals surface area contributed by atoms with Crippen molar-refractivity contribution in [2.24, 2.45) is 0 Å². The fourth-order valence-electron chi connectivity index (χ4n) is 0.817. The summed E-state index contributed by atoms with van der Waals surface area (Å²) in [7, 11) is 0. The molecule has 0 saturated carbocycles. The normalized spacial score (nSPS) is 17.9. The average molecular weight is 141 g/mol. The van der Waals surface area contributed by atoms with Crippen LogP contribution in [0.3, 0.4) is 0 Å². The Kier molecular flexibility index (Phi) is 1.89. The van der Waals surface area contributed by atoms with Crippen molar-refractivity contribution in [3.05, 3.63) is 6.54 Å². The van der Waals surface area contributed by atoms with Gasteiger partial charge in [-0.3, -0.25) is 10.1 Å². The molecule has 0 aromatic rings. The van der Waals surface area contributed by atoms with Gasteiger partial charge in [0.2, 0.25) is 0 Å². The first-order valence-corrected chi connectivity index (χ1v) is 3.20. The third-order valence-corrected chi connectivity index (χ3v) is 1.23. The molecule has 1 radical (unpaired) electrons. The van der Waals surface area contributed by atoms with Crippen molar-refractivity contribution in [3.63, 3.8) is 0 Å². The first-order chi connectivity index (χ1) is 4.74. The molecule has 0 aromatic carbocycles. The topological polar surface area (TPSA) is 49.4 Å². The zero-order chi connectivity index (χ0) is 7.56. The lowest BCUT2D eigenvalue weighted by atomic mass is 10.4. The number of imide groups is 1. The van der Waals surface area contributed by atoms with E-state index in [1.807, 2.05) is 6.92 Å². The third-order valence-electron chi connectivity index (χ3n) is 1.23. The molecular weight excluding hydrogens is 132 g/mol. The SMILES string of the molecule is CCCN1[CH]C(=O)NC1=O. The van der Waals surface area contributed by atoms with Gasteiger partial charge in [0.15, 0.2) is 0 Å². The maximum Gasteiger partial charge on any atom is 0.324 e. The molecular formula is C6H9N2O2. The number of rotatable bonds is 2. The molecule has 0 aromatic heterocycles. The molecule has 1 heterocycles. The zero-order valence-corrected chi connectivity index (χ0v) is 5.76. The Balaban J connectivity index is 2.46. The molecule has 10 heavy (non-hydrogen) atoms. The Hall–Kier alpha value is -1.06. The molecule has 0 bridgehead atoms. The highest BCUT2D eigenvalue weighted by Crippen LogP contribution is 2.02. The van der Waals surface area contributed by atoms with Gasteiger partial charge in [-0.1, -0.05) is 6.92 Å². The molecule has 1 aliphatic rings. The third kappa shape index (κ3) is 1.26. The van der Waals surface area contributed by atoms with Crippen LogP contribution in [0.15, 0.2) is 0 Å². The lowest BCUT2D eigenvalue weighted by molar-refractivity contribution is -0.116. The van der Waals surface area contributed by atoms with Crippen molar-refractivity contribution < 1.29 is 9.59 Å². The van der Waals surface area contributed by atoms with E-state index in [0.717, 1.165) is 6.42 Å². The van der Waals surface area contributed by atoms with Crippen LogP contribution in [0.2, 0.25) is 0 Å². The van der Waals surface area contributed by atoms with E-state index in [-0.39, 0.29) is 11.9 Å². The van der Waals surface area contributed by atoms with Crippen LogP contribution in [0, 0.1) is 6.54 Å². The molecule has 1 rings (SSSR count). The van der Waals surface area contributed by atoms with Crippen molar-refractivity contribution in [2.75, 3.05) is 6.54 Å². The van der Waals surface area contributed by atoms with Crippen molar-refractivity contribution in [3.8, 4) is 0 Å². The van der Waals surface area contributed by atoms with Crippen LogP contribution in [0.25, 0.3) is 0 Å². The van der Waals surface area contributed by atoms with Gasteiger partial charge in [0.25, 0.3) is 5.91 Å². The van der Waals surface area contributed by atoms with Gasteiger partial charge < -0.3 is 4.90 Å². The maximum absolute atomic E-state index is 10.7. The predicted molar refractivity (Wildman–Crippen MR) is 34.8 cm³/mol. The minimum Gasteiger partial charge on any atom is -0.310 e. The molecule has 4 heteroatoms. The summed E-state index contributed by atoms with van der Waals surface area (Å²) < 4.78 is 0.